The highest BCUT2D eigenvalue weighted by Gasteiger charge is 2.09. The van der Waals surface area contributed by atoms with Crippen molar-refractivity contribution >= 4 is 47.4 Å². The van der Waals surface area contributed by atoms with Gasteiger partial charge in [0.05, 0.1) is 11.1 Å². The Hall–Kier alpha value is -2.32. The molecule has 0 aromatic carbocycles. The van der Waals surface area contributed by atoms with Crippen LogP contribution >= 0.6 is 23.2 Å². The molecule has 0 atom stereocenters. The van der Waals surface area contributed by atoms with E-state index in [1.807, 2.05) is 0 Å². The molecule has 0 radical (unpaired) electrons. The molecule has 0 fully saturated rings. The predicted molar refractivity (Wildman–Crippen MR) is 86.5 cm³/mol. The lowest BCUT2D eigenvalue weighted by molar-refractivity contribution is 0.111. The summed E-state index contributed by atoms with van der Waals surface area (Å²) >= 11 is 11.6. The largest absolute Gasteiger partial charge is 0.369 e. The normalized spacial score (nSPS) is 10.2. The summed E-state index contributed by atoms with van der Waals surface area (Å²) in [6, 6.07) is 0. The number of aldehydes is 2. The van der Waals surface area contributed by atoms with Crippen molar-refractivity contribution in [2.45, 2.75) is 6.42 Å². The molecule has 2 rings (SSSR count). The maximum atomic E-state index is 10.9. The Morgan fingerprint density at radius 3 is 1.65 bits per heavy atom. The minimum atomic E-state index is 0.0990. The number of halogens is 2. The average Bonchev–Trinajstić information content (AvgIpc) is 2.55. The molecule has 0 aliphatic rings. The van der Waals surface area contributed by atoms with Crippen molar-refractivity contribution < 1.29 is 9.59 Å². The Morgan fingerprint density at radius 2 is 1.26 bits per heavy atom. The topological polar surface area (TPSA) is 110 Å². The number of carbonyl (C=O) groups excluding carboxylic acids is 2. The fourth-order valence-electron chi connectivity index (χ4n) is 1.74. The molecule has 0 saturated heterocycles. The number of nitrogens with zero attached hydrogens (tertiary/aromatic N) is 4. The van der Waals surface area contributed by atoms with Crippen LogP contribution in [0.25, 0.3) is 0 Å². The summed E-state index contributed by atoms with van der Waals surface area (Å²) in [7, 11) is 0. The summed E-state index contributed by atoms with van der Waals surface area (Å²) in [5.41, 5.74) is 0.431. The molecule has 0 unspecified atom stereocenters. The van der Waals surface area contributed by atoms with Crippen molar-refractivity contribution in [2.24, 2.45) is 0 Å². The summed E-state index contributed by atoms with van der Waals surface area (Å²) < 4.78 is 0. The third kappa shape index (κ3) is 4.33. The second-order valence-electron chi connectivity index (χ2n) is 4.30. The van der Waals surface area contributed by atoms with Crippen LogP contribution in [0.1, 0.15) is 27.1 Å². The van der Waals surface area contributed by atoms with Gasteiger partial charge in [0, 0.05) is 13.1 Å². The minimum Gasteiger partial charge on any atom is -0.369 e. The van der Waals surface area contributed by atoms with Gasteiger partial charge in [-0.1, -0.05) is 23.2 Å². The van der Waals surface area contributed by atoms with Crippen molar-refractivity contribution in [3.8, 4) is 0 Å². The Balaban J connectivity index is 1.85. The third-order valence-corrected chi connectivity index (χ3v) is 3.45. The maximum Gasteiger partial charge on any atom is 0.156 e. The number of hydrogen-bond acceptors (Lipinski definition) is 8. The number of nitrogens with one attached hydrogen (secondary N) is 2. The van der Waals surface area contributed by atoms with E-state index in [2.05, 4.69) is 30.6 Å². The van der Waals surface area contributed by atoms with Gasteiger partial charge in [-0.2, -0.15) is 0 Å². The van der Waals surface area contributed by atoms with Gasteiger partial charge >= 0.3 is 0 Å². The molecule has 0 saturated carbocycles. The van der Waals surface area contributed by atoms with Gasteiger partial charge in [0.15, 0.2) is 12.6 Å². The number of hydrogen-bond donors (Lipinski definition) is 2. The van der Waals surface area contributed by atoms with Gasteiger partial charge in [-0.25, -0.2) is 19.9 Å². The highest BCUT2D eigenvalue weighted by molar-refractivity contribution is 6.32. The van der Waals surface area contributed by atoms with E-state index in [0.29, 0.717) is 43.7 Å². The Morgan fingerprint density at radius 1 is 0.826 bits per heavy atom. The molecule has 0 aliphatic carbocycles. The van der Waals surface area contributed by atoms with Crippen LogP contribution in [0, 0.1) is 0 Å². The average molecular weight is 355 g/mol. The highest BCUT2D eigenvalue weighted by Crippen LogP contribution is 2.18. The van der Waals surface area contributed by atoms with Crippen LogP contribution in [-0.2, 0) is 0 Å². The zero-order valence-electron chi connectivity index (χ0n) is 11.8. The first-order chi connectivity index (χ1) is 11.2. The minimum absolute atomic E-state index is 0.0990. The van der Waals surface area contributed by atoms with Crippen LogP contribution in [0.15, 0.2) is 12.7 Å². The number of aromatic nitrogens is 4. The molecular formula is C13H12Cl2N6O2. The highest BCUT2D eigenvalue weighted by atomic mass is 35.5. The van der Waals surface area contributed by atoms with Gasteiger partial charge in [0.1, 0.15) is 34.6 Å². The smallest absolute Gasteiger partial charge is 0.156 e. The van der Waals surface area contributed by atoms with E-state index in [4.69, 9.17) is 23.2 Å². The van der Waals surface area contributed by atoms with Gasteiger partial charge < -0.3 is 10.6 Å². The van der Waals surface area contributed by atoms with Crippen LogP contribution in [0.2, 0.25) is 10.3 Å². The van der Waals surface area contributed by atoms with Crippen LogP contribution in [0.3, 0.4) is 0 Å². The van der Waals surface area contributed by atoms with Crippen molar-refractivity contribution in [3.63, 3.8) is 0 Å². The second-order valence-corrected chi connectivity index (χ2v) is 5.01. The Bertz CT molecular complexity index is 653. The molecule has 0 aliphatic heterocycles. The Labute approximate surface area is 141 Å². The third-order valence-electron chi connectivity index (χ3n) is 2.84. The van der Waals surface area contributed by atoms with Crippen LogP contribution < -0.4 is 10.6 Å². The van der Waals surface area contributed by atoms with Crippen molar-refractivity contribution in [1.82, 2.24) is 19.9 Å². The van der Waals surface area contributed by atoms with Crippen molar-refractivity contribution in [3.05, 3.63) is 34.1 Å². The van der Waals surface area contributed by atoms with Crippen molar-refractivity contribution in [1.29, 1.82) is 0 Å². The molecule has 120 valence electrons. The lowest BCUT2D eigenvalue weighted by atomic mass is 10.3. The summed E-state index contributed by atoms with van der Waals surface area (Å²) in [4.78, 5) is 37.3. The molecule has 2 aromatic rings. The molecule has 0 spiro atoms. The van der Waals surface area contributed by atoms with E-state index < -0.39 is 0 Å². The molecule has 0 amide bonds. The van der Waals surface area contributed by atoms with Gasteiger partial charge in [-0.05, 0) is 6.42 Å². The van der Waals surface area contributed by atoms with E-state index in [1.54, 1.807) is 0 Å². The zero-order valence-corrected chi connectivity index (χ0v) is 13.3. The van der Waals surface area contributed by atoms with Crippen LogP contribution in [0.5, 0.6) is 0 Å². The molecule has 2 aromatic heterocycles. The molecule has 10 heteroatoms. The summed E-state index contributed by atoms with van der Waals surface area (Å²) in [5.74, 6) is 0.748. The molecule has 2 heterocycles. The monoisotopic (exact) mass is 354 g/mol. The first-order valence-corrected chi connectivity index (χ1v) is 7.32. The van der Waals surface area contributed by atoms with E-state index in [9.17, 15) is 9.59 Å². The second kappa shape index (κ2) is 8.35. The first-order valence-electron chi connectivity index (χ1n) is 6.56. The molecule has 23 heavy (non-hydrogen) atoms. The zero-order chi connectivity index (χ0) is 16.7. The van der Waals surface area contributed by atoms with Gasteiger partial charge in [0.25, 0.3) is 0 Å². The van der Waals surface area contributed by atoms with Crippen LogP contribution in [-0.4, -0.2) is 45.6 Å². The van der Waals surface area contributed by atoms with E-state index in [0.717, 1.165) is 0 Å². The standard InChI is InChI=1S/C13H12Cl2N6O2/c14-10-8(4-22)12(20-6-18-10)16-2-1-3-17-13-9(5-23)11(15)19-7-21-13/h4-7H,1-3H2,(H,16,18,20)(H,17,19,21). The first kappa shape index (κ1) is 17.0. The van der Waals surface area contributed by atoms with Gasteiger partial charge in [-0.15, -0.1) is 0 Å². The molecule has 0 bridgehead atoms. The SMILES string of the molecule is O=Cc1c(Cl)ncnc1NCCCNc1ncnc(Cl)c1C=O. The van der Waals surface area contributed by atoms with Crippen LogP contribution in [0.4, 0.5) is 11.6 Å². The number of carbonyl (C=O) groups is 2. The summed E-state index contributed by atoms with van der Waals surface area (Å²) in [6.07, 6.45) is 4.41. The fraction of sp³-hybridized carbons (Fsp3) is 0.231. The maximum absolute atomic E-state index is 10.9. The number of rotatable bonds is 8. The number of anilines is 2. The van der Waals surface area contributed by atoms with E-state index >= 15 is 0 Å². The summed E-state index contributed by atoms with van der Waals surface area (Å²) in [6.45, 7) is 1.05. The van der Waals surface area contributed by atoms with Gasteiger partial charge in [0.2, 0.25) is 0 Å². The predicted octanol–water partition coefficient (Wildman–Crippen LogP) is 2.11. The van der Waals surface area contributed by atoms with E-state index in [1.165, 1.54) is 12.7 Å². The molecular weight excluding hydrogens is 343 g/mol. The van der Waals surface area contributed by atoms with Gasteiger partial charge in [-0.3, -0.25) is 9.59 Å². The van der Waals surface area contributed by atoms with E-state index in [-0.39, 0.29) is 21.4 Å². The molecule has 2 N–H and O–H groups in total. The fourth-order valence-corrected chi connectivity index (χ4v) is 2.10. The summed E-state index contributed by atoms with van der Waals surface area (Å²) in [5, 5.41) is 6.19. The Kier molecular flexibility index (Phi) is 6.19. The lowest BCUT2D eigenvalue weighted by Crippen LogP contribution is -2.13. The quantitative estimate of drug-likeness (QED) is 0.421. The lowest BCUT2D eigenvalue weighted by Gasteiger charge is -2.10. The van der Waals surface area contributed by atoms with Crippen molar-refractivity contribution in [2.75, 3.05) is 23.7 Å². The molecule has 8 nitrogen and oxygen atoms in total.